The molecule has 0 spiro atoms. The van der Waals surface area contributed by atoms with Gasteiger partial charge >= 0.3 is 6.03 Å². The number of urea groups is 1. The largest absolute Gasteiger partial charge is 0.355 e. The van der Waals surface area contributed by atoms with Crippen molar-refractivity contribution in [2.75, 3.05) is 19.6 Å². The molecule has 0 atom stereocenters. The molecule has 0 aromatic carbocycles. The lowest BCUT2D eigenvalue weighted by atomic mass is 9.87. The Labute approximate surface area is 109 Å². The molecule has 0 bridgehead atoms. The highest BCUT2D eigenvalue weighted by Gasteiger charge is 2.12. The summed E-state index contributed by atoms with van der Waals surface area (Å²) in [7, 11) is 0. The topological polar surface area (TPSA) is 70.2 Å². The molecule has 1 rings (SSSR count). The molecule has 5 nitrogen and oxygen atoms in total. The van der Waals surface area contributed by atoms with Gasteiger partial charge in [0, 0.05) is 26.6 Å². The third-order valence-electron chi connectivity index (χ3n) is 3.35. The van der Waals surface area contributed by atoms with Crippen molar-refractivity contribution in [2.24, 2.45) is 5.92 Å². The number of carbonyl (C=O) groups is 2. The van der Waals surface area contributed by atoms with Gasteiger partial charge in [-0.05, 0) is 12.3 Å². The summed E-state index contributed by atoms with van der Waals surface area (Å²) in [6, 6.07) is -0.142. The highest BCUT2D eigenvalue weighted by atomic mass is 16.2. The molecule has 3 amide bonds. The van der Waals surface area contributed by atoms with Crippen LogP contribution in [0.2, 0.25) is 0 Å². The molecular formula is C13H25N3O2. The van der Waals surface area contributed by atoms with E-state index in [4.69, 9.17) is 0 Å². The summed E-state index contributed by atoms with van der Waals surface area (Å²) < 4.78 is 0. The molecular weight excluding hydrogens is 230 g/mol. The summed E-state index contributed by atoms with van der Waals surface area (Å²) >= 11 is 0. The first-order valence-electron chi connectivity index (χ1n) is 6.94. The summed E-state index contributed by atoms with van der Waals surface area (Å²) in [5.41, 5.74) is 0. The summed E-state index contributed by atoms with van der Waals surface area (Å²) in [4.78, 5) is 22.0. The van der Waals surface area contributed by atoms with E-state index in [1.807, 2.05) is 0 Å². The molecule has 1 saturated carbocycles. The van der Waals surface area contributed by atoms with Gasteiger partial charge < -0.3 is 16.0 Å². The Morgan fingerprint density at radius 2 is 1.56 bits per heavy atom. The number of hydrogen-bond donors (Lipinski definition) is 3. The molecule has 1 aliphatic rings. The minimum Gasteiger partial charge on any atom is -0.355 e. The van der Waals surface area contributed by atoms with E-state index in [9.17, 15) is 9.59 Å². The van der Waals surface area contributed by atoms with Crippen LogP contribution in [0.25, 0.3) is 0 Å². The zero-order valence-corrected chi connectivity index (χ0v) is 11.3. The molecule has 0 aromatic heterocycles. The quantitative estimate of drug-likeness (QED) is 0.628. The Morgan fingerprint density at radius 3 is 2.22 bits per heavy atom. The van der Waals surface area contributed by atoms with Gasteiger partial charge in [-0.3, -0.25) is 4.79 Å². The first kappa shape index (κ1) is 14.8. The fourth-order valence-corrected chi connectivity index (χ4v) is 2.34. The Morgan fingerprint density at radius 1 is 0.944 bits per heavy atom. The van der Waals surface area contributed by atoms with Gasteiger partial charge in [-0.25, -0.2) is 4.79 Å². The zero-order chi connectivity index (χ0) is 13.2. The van der Waals surface area contributed by atoms with E-state index in [1.54, 1.807) is 0 Å². The second-order valence-electron chi connectivity index (χ2n) is 4.96. The van der Waals surface area contributed by atoms with Gasteiger partial charge in [0.05, 0.1) is 0 Å². The van der Waals surface area contributed by atoms with Gasteiger partial charge in [0.1, 0.15) is 0 Å². The standard InChI is InChI=1S/C13H25N3O2/c1-11(17)14-9-10-16-13(18)15-8-7-12-5-3-2-4-6-12/h12H,2-10H2,1H3,(H,14,17)(H2,15,16,18). The van der Waals surface area contributed by atoms with Crippen molar-refractivity contribution in [1.82, 2.24) is 16.0 Å². The Bertz CT molecular complexity index is 263. The van der Waals surface area contributed by atoms with Crippen molar-refractivity contribution in [1.29, 1.82) is 0 Å². The van der Waals surface area contributed by atoms with E-state index in [1.165, 1.54) is 39.0 Å². The summed E-state index contributed by atoms with van der Waals surface area (Å²) in [5.74, 6) is 0.716. The molecule has 18 heavy (non-hydrogen) atoms. The second kappa shape index (κ2) is 8.78. The maximum Gasteiger partial charge on any atom is 0.314 e. The van der Waals surface area contributed by atoms with Crippen molar-refractivity contribution >= 4 is 11.9 Å². The molecule has 0 aliphatic heterocycles. The van der Waals surface area contributed by atoms with E-state index in [0.717, 1.165) is 18.9 Å². The average Bonchev–Trinajstić information content (AvgIpc) is 2.36. The summed E-state index contributed by atoms with van der Waals surface area (Å²) in [6.07, 6.45) is 7.76. The SMILES string of the molecule is CC(=O)NCCNC(=O)NCCC1CCCCC1. The Kier molecular flexibility index (Phi) is 7.22. The van der Waals surface area contributed by atoms with Gasteiger partial charge in [0.15, 0.2) is 0 Å². The first-order valence-corrected chi connectivity index (χ1v) is 6.94. The van der Waals surface area contributed by atoms with Crippen LogP contribution in [0.1, 0.15) is 45.4 Å². The van der Waals surface area contributed by atoms with Gasteiger partial charge in [-0.15, -0.1) is 0 Å². The molecule has 0 heterocycles. The summed E-state index contributed by atoms with van der Waals surface area (Å²) in [5, 5.41) is 8.19. The smallest absolute Gasteiger partial charge is 0.314 e. The van der Waals surface area contributed by atoms with Crippen LogP contribution in [0.5, 0.6) is 0 Å². The lowest BCUT2D eigenvalue weighted by Crippen LogP contribution is -2.40. The number of amides is 3. The minimum atomic E-state index is -0.142. The Balaban J connectivity index is 1.94. The number of rotatable bonds is 6. The molecule has 1 aliphatic carbocycles. The van der Waals surface area contributed by atoms with Crippen LogP contribution in [-0.4, -0.2) is 31.6 Å². The van der Waals surface area contributed by atoms with Gasteiger partial charge in [-0.2, -0.15) is 0 Å². The van der Waals surface area contributed by atoms with Crippen LogP contribution in [0.15, 0.2) is 0 Å². The molecule has 0 radical (unpaired) electrons. The van der Waals surface area contributed by atoms with Crippen molar-refractivity contribution in [2.45, 2.75) is 45.4 Å². The molecule has 1 fully saturated rings. The first-order chi connectivity index (χ1) is 8.68. The Hall–Kier alpha value is -1.26. The number of nitrogens with one attached hydrogen (secondary N) is 3. The minimum absolute atomic E-state index is 0.0745. The van der Waals surface area contributed by atoms with Crippen LogP contribution in [0, 0.1) is 5.92 Å². The van der Waals surface area contributed by atoms with Crippen LogP contribution in [0.3, 0.4) is 0 Å². The molecule has 0 saturated heterocycles. The van der Waals surface area contributed by atoms with E-state index < -0.39 is 0 Å². The van der Waals surface area contributed by atoms with Crippen LogP contribution >= 0.6 is 0 Å². The highest BCUT2D eigenvalue weighted by molar-refractivity contribution is 5.74. The number of hydrogen-bond acceptors (Lipinski definition) is 2. The molecule has 0 unspecified atom stereocenters. The zero-order valence-electron chi connectivity index (χ0n) is 11.3. The van der Waals surface area contributed by atoms with Crippen LogP contribution < -0.4 is 16.0 Å². The maximum absolute atomic E-state index is 11.4. The lowest BCUT2D eigenvalue weighted by Gasteiger charge is -2.21. The molecule has 0 aromatic rings. The van der Waals surface area contributed by atoms with Gasteiger partial charge in [0.2, 0.25) is 5.91 Å². The maximum atomic E-state index is 11.4. The molecule has 104 valence electrons. The average molecular weight is 255 g/mol. The van der Waals surface area contributed by atoms with E-state index in [2.05, 4.69) is 16.0 Å². The third-order valence-corrected chi connectivity index (χ3v) is 3.35. The number of carbonyl (C=O) groups excluding carboxylic acids is 2. The van der Waals surface area contributed by atoms with E-state index in [-0.39, 0.29) is 11.9 Å². The van der Waals surface area contributed by atoms with Crippen molar-refractivity contribution < 1.29 is 9.59 Å². The van der Waals surface area contributed by atoms with Crippen molar-refractivity contribution in [3.63, 3.8) is 0 Å². The van der Waals surface area contributed by atoms with Crippen LogP contribution in [0.4, 0.5) is 4.79 Å². The third kappa shape index (κ3) is 7.14. The predicted molar refractivity (Wildman–Crippen MR) is 71.3 cm³/mol. The van der Waals surface area contributed by atoms with Gasteiger partial charge in [-0.1, -0.05) is 32.1 Å². The normalized spacial score (nSPS) is 16.1. The lowest BCUT2D eigenvalue weighted by molar-refractivity contribution is -0.118. The van der Waals surface area contributed by atoms with Crippen molar-refractivity contribution in [3.8, 4) is 0 Å². The second-order valence-corrected chi connectivity index (χ2v) is 4.96. The van der Waals surface area contributed by atoms with E-state index in [0.29, 0.717) is 13.1 Å². The van der Waals surface area contributed by atoms with Crippen LogP contribution in [-0.2, 0) is 4.79 Å². The van der Waals surface area contributed by atoms with Gasteiger partial charge in [0.25, 0.3) is 0 Å². The fraction of sp³-hybridized carbons (Fsp3) is 0.846. The predicted octanol–water partition coefficient (Wildman–Crippen LogP) is 1.39. The molecule has 5 heteroatoms. The molecule has 3 N–H and O–H groups in total. The fourth-order valence-electron chi connectivity index (χ4n) is 2.34. The summed E-state index contributed by atoms with van der Waals surface area (Å²) in [6.45, 7) is 3.15. The highest BCUT2D eigenvalue weighted by Crippen LogP contribution is 2.25. The van der Waals surface area contributed by atoms with E-state index >= 15 is 0 Å². The van der Waals surface area contributed by atoms with Crippen molar-refractivity contribution in [3.05, 3.63) is 0 Å². The monoisotopic (exact) mass is 255 g/mol.